The molecule has 1 saturated heterocycles. The van der Waals surface area contributed by atoms with E-state index >= 15 is 0 Å². The van der Waals surface area contributed by atoms with Crippen molar-refractivity contribution in [3.63, 3.8) is 0 Å². The SMILES string of the molecule is CCCCOc1ccc(C(=O)NC(=S)N2CCNC(=O)C2CC(=O)OCC)cc1Br. The number of thiocarbonyl (C=S) groups is 1. The van der Waals surface area contributed by atoms with Crippen LogP contribution in [-0.4, -0.2) is 60.1 Å². The maximum Gasteiger partial charge on any atom is 0.308 e. The van der Waals surface area contributed by atoms with Gasteiger partial charge < -0.3 is 19.7 Å². The van der Waals surface area contributed by atoms with E-state index < -0.39 is 17.9 Å². The van der Waals surface area contributed by atoms with Crippen LogP contribution < -0.4 is 15.4 Å². The van der Waals surface area contributed by atoms with E-state index in [0.717, 1.165) is 12.8 Å². The minimum absolute atomic E-state index is 0.0866. The number of piperazine rings is 1. The Hall–Kier alpha value is -2.20. The Kier molecular flexibility index (Phi) is 9.51. The first-order valence-corrected chi connectivity index (χ1v) is 11.0. The first kappa shape index (κ1) is 24.1. The molecule has 1 aliphatic rings. The number of carbonyl (C=O) groups is 3. The first-order chi connectivity index (χ1) is 14.4. The number of esters is 1. The van der Waals surface area contributed by atoms with Gasteiger partial charge in [-0.1, -0.05) is 13.3 Å². The molecule has 30 heavy (non-hydrogen) atoms. The molecule has 2 amide bonds. The van der Waals surface area contributed by atoms with Crippen LogP contribution in [0, 0.1) is 0 Å². The second kappa shape index (κ2) is 11.8. The van der Waals surface area contributed by atoms with Gasteiger partial charge in [0.25, 0.3) is 5.91 Å². The van der Waals surface area contributed by atoms with Crippen LogP contribution in [0.5, 0.6) is 5.75 Å². The monoisotopic (exact) mass is 499 g/mol. The van der Waals surface area contributed by atoms with Crippen molar-refractivity contribution in [2.45, 2.75) is 39.2 Å². The van der Waals surface area contributed by atoms with Crippen LogP contribution in [0.3, 0.4) is 0 Å². The van der Waals surface area contributed by atoms with Gasteiger partial charge in [-0.15, -0.1) is 0 Å². The highest BCUT2D eigenvalue weighted by atomic mass is 79.9. The molecular formula is C20H26BrN3O5S. The van der Waals surface area contributed by atoms with Crippen LogP contribution >= 0.6 is 28.1 Å². The van der Waals surface area contributed by atoms with Gasteiger partial charge in [-0.05, 0) is 59.7 Å². The van der Waals surface area contributed by atoms with E-state index in [1.807, 2.05) is 0 Å². The van der Waals surface area contributed by atoms with E-state index in [4.69, 9.17) is 21.7 Å². The van der Waals surface area contributed by atoms with E-state index in [2.05, 4.69) is 33.5 Å². The summed E-state index contributed by atoms with van der Waals surface area (Å²) in [5, 5.41) is 5.44. The molecule has 164 valence electrons. The first-order valence-electron chi connectivity index (χ1n) is 9.85. The number of nitrogens with one attached hydrogen (secondary N) is 2. The molecule has 0 aromatic heterocycles. The number of unbranched alkanes of at least 4 members (excludes halogenated alkanes) is 1. The van der Waals surface area contributed by atoms with Crippen molar-refractivity contribution in [2.75, 3.05) is 26.3 Å². The quantitative estimate of drug-likeness (QED) is 0.322. The summed E-state index contributed by atoms with van der Waals surface area (Å²) in [6.07, 6.45) is 1.82. The van der Waals surface area contributed by atoms with Crippen molar-refractivity contribution in [2.24, 2.45) is 0 Å². The second-order valence-corrected chi connectivity index (χ2v) is 7.86. The Morgan fingerprint density at radius 1 is 1.37 bits per heavy atom. The number of carbonyl (C=O) groups excluding carboxylic acids is 3. The van der Waals surface area contributed by atoms with Crippen molar-refractivity contribution in [1.82, 2.24) is 15.5 Å². The molecule has 0 aliphatic carbocycles. The largest absolute Gasteiger partial charge is 0.492 e. The van der Waals surface area contributed by atoms with Crippen LogP contribution in [0.1, 0.15) is 43.5 Å². The van der Waals surface area contributed by atoms with Crippen LogP contribution in [0.4, 0.5) is 0 Å². The maximum absolute atomic E-state index is 12.7. The lowest BCUT2D eigenvalue weighted by molar-refractivity contribution is -0.147. The van der Waals surface area contributed by atoms with Crippen LogP contribution in [0.25, 0.3) is 0 Å². The Bertz CT molecular complexity index is 805. The average Bonchev–Trinajstić information content (AvgIpc) is 2.70. The van der Waals surface area contributed by atoms with Crippen molar-refractivity contribution in [1.29, 1.82) is 0 Å². The Morgan fingerprint density at radius 3 is 2.80 bits per heavy atom. The highest BCUT2D eigenvalue weighted by Crippen LogP contribution is 2.26. The molecule has 1 aromatic rings. The highest BCUT2D eigenvalue weighted by Gasteiger charge is 2.34. The van der Waals surface area contributed by atoms with E-state index in [0.29, 0.717) is 35.5 Å². The summed E-state index contributed by atoms with van der Waals surface area (Å²) in [5.74, 6) is -0.588. The normalized spacial score (nSPS) is 15.9. The van der Waals surface area contributed by atoms with Crippen LogP contribution in [-0.2, 0) is 14.3 Å². The van der Waals surface area contributed by atoms with E-state index in [1.54, 1.807) is 30.0 Å². The van der Waals surface area contributed by atoms with Crippen molar-refractivity contribution in [3.8, 4) is 5.75 Å². The van der Waals surface area contributed by atoms with E-state index in [9.17, 15) is 14.4 Å². The van der Waals surface area contributed by atoms with Gasteiger partial charge in [0, 0.05) is 18.7 Å². The molecule has 1 heterocycles. The number of ether oxygens (including phenoxy) is 2. The summed E-state index contributed by atoms with van der Waals surface area (Å²) in [4.78, 5) is 38.3. The molecule has 1 fully saturated rings. The molecule has 2 rings (SSSR count). The fourth-order valence-electron chi connectivity index (χ4n) is 2.87. The summed E-state index contributed by atoms with van der Waals surface area (Å²) < 4.78 is 11.3. The van der Waals surface area contributed by atoms with Gasteiger partial charge in [0.2, 0.25) is 5.91 Å². The van der Waals surface area contributed by atoms with Crippen LogP contribution in [0.15, 0.2) is 22.7 Å². The fraction of sp³-hybridized carbons (Fsp3) is 0.500. The molecule has 0 spiro atoms. The molecule has 0 radical (unpaired) electrons. The molecule has 8 nitrogen and oxygen atoms in total. The number of benzene rings is 1. The molecule has 0 bridgehead atoms. The molecule has 1 unspecified atom stereocenters. The second-order valence-electron chi connectivity index (χ2n) is 6.62. The molecule has 10 heteroatoms. The number of nitrogens with zero attached hydrogens (tertiary/aromatic N) is 1. The number of rotatable bonds is 8. The average molecular weight is 500 g/mol. The molecular weight excluding hydrogens is 474 g/mol. The zero-order valence-electron chi connectivity index (χ0n) is 17.0. The van der Waals surface area contributed by atoms with Crippen LogP contribution in [0.2, 0.25) is 0 Å². The van der Waals surface area contributed by atoms with Crippen molar-refractivity contribution < 1.29 is 23.9 Å². The number of halogens is 1. The molecule has 2 N–H and O–H groups in total. The van der Waals surface area contributed by atoms with E-state index in [-0.39, 0.29) is 24.0 Å². The Balaban J connectivity index is 2.04. The number of amides is 2. The fourth-order valence-corrected chi connectivity index (χ4v) is 3.67. The maximum atomic E-state index is 12.7. The lowest BCUT2D eigenvalue weighted by Gasteiger charge is -2.36. The third kappa shape index (κ3) is 6.66. The highest BCUT2D eigenvalue weighted by molar-refractivity contribution is 9.10. The summed E-state index contributed by atoms with van der Waals surface area (Å²) in [5.41, 5.74) is 0.385. The predicted octanol–water partition coefficient (Wildman–Crippen LogP) is 2.40. The zero-order valence-corrected chi connectivity index (χ0v) is 19.4. The third-order valence-corrected chi connectivity index (χ3v) is 5.38. The topological polar surface area (TPSA) is 97.0 Å². The minimum atomic E-state index is -0.827. The zero-order chi connectivity index (χ0) is 22.1. The van der Waals surface area contributed by atoms with Gasteiger partial charge in [-0.3, -0.25) is 19.7 Å². The van der Waals surface area contributed by atoms with Gasteiger partial charge >= 0.3 is 5.97 Å². The summed E-state index contributed by atoms with van der Waals surface area (Å²) in [7, 11) is 0. The standard InChI is InChI=1S/C20H26BrN3O5S/c1-3-5-10-29-16-7-6-13(11-14(16)21)18(26)23-20(30)24-9-8-22-19(27)15(24)12-17(25)28-4-2/h6-7,11,15H,3-5,8-10,12H2,1-2H3,(H,22,27)(H,23,26,30). The van der Waals surface area contributed by atoms with Gasteiger partial charge in [-0.25, -0.2) is 0 Å². The van der Waals surface area contributed by atoms with Gasteiger partial charge in [-0.2, -0.15) is 0 Å². The third-order valence-electron chi connectivity index (χ3n) is 4.43. The van der Waals surface area contributed by atoms with Crippen molar-refractivity contribution >= 4 is 51.0 Å². The van der Waals surface area contributed by atoms with E-state index in [1.165, 1.54) is 0 Å². The smallest absolute Gasteiger partial charge is 0.308 e. The molecule has 0 saturated carbocycles. The van der Waals surface area contributed by atoms with Gasteiger partial charge in [0.1, 0.15) is 11.8 Å². The Morgan fingerprint density at radius 2 is 2.13 bits per heavy atom. The molecule has 1 aliphatic heterocycles. The summed E-state index contributed by atoms with van der Waals surface area (Å²) >= 11 is 8.77. The van der Waals surface area contributed by atoms with Gasteiger partial charge in [0.05, 0.1) is 24.1 Å². The van der Waals surface area contributed by atoms with Gasteiger partial charge in [0.15, 0.2) is 5.11 Å². The number of hydrogen-bond donors (Lipinski definition) is 2. The molecule has 1 aromatic carbocycles. The minimum Gasteiger partial charge on any atom is -0.492 e. The van der Waals surface area contributed by atoms with Crippen molar-refractivity contribution in [3.05, 3.63) is 28.2 Å². The lowest BCUT2D eigenvalue weighted by atomic mass is 10.1. The molecule has 1 atom stereocenters. The summed E-state index contributed by atoms with van der Waals surface area (Å²) in [6.45, 7) is 5.34. The predicted molar refractivity (Wildman–Crippen MR) is 119 cm³/mol. The lowest BCUT2D eigenvalue weighted by Crippen LogP contribution is -2.60. The Labute approximate surface area is 189 Å². The number of hydrogen-bond acceptors (Lipinski definition) is 6. The summed E-state index contributed by atoms with van der Waals surface area (Å²) in [6, 6.07) is 4.18.